The first-order valence-corrected chi connectivity index (χ1v) is 10.8. The lowest BCUT2D eigenvalue weighted by atomic mass is 10.1. The highest BCUT2D eigenvalue weighted by atomic mass is 32.2. The van der Waals surface area contributed by atoms with Crippen LogP contribution in [0.15, 0.2) is 90.1 Å². The van der Waals surface area contributed by atoms with Crippen molar-refractivity contribution in [2.45, 2.75) is 11.6 Å². The minimum Gasteiger partial charge on any atom is -0.295 e. The second-order valence-corrected chi connectivity index (χ2v) is 7.85. The largest absolute Gasteiger partial charge is 0.295 e. The van der Waals surface area contributed by atoms with Crippen molar-refractivity contribution >= 4 is 23.6 Å². The van der Waals surface area contributed by atoms with Gasteiger partial charge in [0.15, 0.2) is 11.0 Å². The summed E-state index contributed by atoms with van der Waals surface area (Å²) >= 11 is 1.15. The number of rotatable bonds is 7. The Morgan fingerprint density at radius 1 is 0.844 bits per heavy atom. The van der Waals surface area contributed by atoms with Gasteiger partial charge in [0.2, 0.25) is 11.8 Å². The smallest absolute Gasteiger partial charge is 0.237 e. The van der Waals surface area contributed by atoms with Crippen molar-refractivity contribution < 1.29 is 14.0 Å². The first-order valence-electron chi connectivity index (χ1n) is 9.86. The summed E-state index contributed by atoms with van der Waals surface area (Å²) in [6.45, 7) is 0. The molecule has 0 aliphatic carbocycles. The van der Waals surface area contributed by atoms with E-state index in [1.54, 1.807) is 16.7 Å². The number of amides is 2. The number of nitrogens with one attached hydrogen (secondary N) is 1. The molecule has 4 rings (SSSR count). The molecule has 0 saturated carbocycles. The molecule has 4 aromatic rings. The number of benzene rings is 3. The molecule has 0 bridgehead atoms. The first kappa shape index (κ1) is 21.5. The minimum absolute atomic E-state index is 0.0192. The molecule has 6 nitrogen and oxygen atoms in total. The molecule has 2 amide bonds. The van der Waals surface area contributed by atoms with Gasteiger partial charge in [0.05, 0.1) is 12.2 Å². The van der Waals surface area contributed by atoms with Crippen molar-refractivity contribution in [3.05, 3.63) is 96.3 Å². The zero-order valence-electron chi connectivity index (χ0n) is 16.9. The number of carbonyl (C=O) groups is 2. The van der Waals surface area contributed by atoms with Crippen LogP contribution in [0.25, 0.3) is 17.1 Å². The van der Waals surface area contributed by atoms with Crippen molar-refractivity contribution in [2.75, 3.05) is 5.75 Å². The Morgan fingerprint density at radius 3 is 2.19 bits per heavy atom. The number of halogens is 1. The van der Waals surface area contributed by atoms with Gasteiger partial charge >= 0.3 is 0 Å². The van der Waals surface area contributed by atoms with Crippen LogP contribution in [0.5, 0.6) is 0 Å². The van der Waals surface area contributed by atoms with Crippen LogP contribution >= 0.6 is 11.8 Å². The molecule has 160 valence electrons. The van der Waals surface area contributed by atoms with Crippen LogP contribution in [0.1, 0.15) is 5.56 Å². The van der Waals surface area contributed by atoms with Crippen molar-refractivity contribution in [1.82, 2.24) is 20.1 Å². The lowest BCUT2D eigenvalue weighted by Crippen LogP contribution is -2.33. The molecule has 32 heavy (non-hydrogen) atoms. The molecule has 3 aromatic carbocycles. The molecule has 0 spiro atoms. The molecule has 8 heteroatoms. The molecular weight excluding hydrogens is 427 g/mol. The van der Waals surface area contributed by atoms with Gasteiger partial charge < -0.3 is 0 Å². The zero-order valence-corrected chi connectivity index (χ0v) is 17.8. The van der Waals surface area contributed by atoms with Gasteiger partial charge in [0, 0.05) is 11.3 Å². The quantitative estimate of drug-likeness (QED) is 0.434. The summed E-state index contributed by atoms with van der Waals surface area (Å²) in [7, 11) is 0. The number of hydrogen-bond acceptors (Lipinski definition) is 5. The van der Waals surface area contributed by atoms with E-state index >= 15 is 0 Å². The molecule has 1 N–H and O–H groups in total. The van der Waals surface area contributed by atoms with Gasteiger partial charge in [-0.05, 0) is 29.8 Å². The highest BCUT2D eigenvalue weighted by Crippen LogP contribution is 2.28. The van der Waals surface area contributed by atoms with Gasteiger partial charge in [0.25, 0.3) is 0 Å². The van der Waals surface area contributed by atoms with E-state index in [9.17, 15) is 14.0 Å². The highest BCUT2D eigenvalue weighted by Gasteiger charge is 2.18. The second kappa shape index (κ2) is 10.0. The summed E-state index contributed by atoms with van der Waals surface area (Å²) in [6.07, 6.45) is 0.126. The van der Waals surface area contributed by atoms with E-state index in [4.69, 9.17) is 0 Å². The third-order valence-electron chi connectivity index (χ3n) is 4.57. The van der Waals surface area contributed by atoms with Gasteiger partial charge in [-0.15, -0.1) is 10.2 Å². The minimum atomic E-state index is -0.425. The molecule has 0 fully saturated rings. The normalized spacial score (nSPS) is 10.7. The number of imide groups is 1. The Labute approximate surface area is 188 Å². The standard InChI is InChI=1S/C24H19FN4O2S/c25-19-11-13-20(14-12-19)29-23(18-9-5-2-6-10-18)27-28-24(29)32-16-22(31)26-21(30)15-17-7-3-1-4-8-17/h1-14H,15-16H2,(H,26,30,31). The highest BCUT2D eigenvalue weighted by molar-refractivity contribution is 7.99. The number of hydrogen-bond donors (Lipinski definition) is 1. The van der Waals surface area contributed by atoms with Crippen LogP contribution in [0.4, 0.5) is 4.39 Å². The van der Waals surface area contributed by atoms with Crippen molar-refractivity contribution in [3.63, 3.8) is 0 Å². The number of aromatic nitrogens is 3. The summed E-state index contributed by atoms with van der Waals surface area (Å²) in [5, 5.41) is 11.4. The molecule has 0 atom stereocenters. The Morgan fingerprint density at radius 2 is 1.50 bits per heavy atom. The van der Waals surface area contributed by atoms with Gasteiger partial charge in [-0.3, -0.25) is 19.5 Å². The monoisotopic (exact) mass is 446 g/mol. The lowest BCUT2D eigenvalue weighted by molar-refractivity contribution is -0.128. The van der Waals surface area contributed by atoms with E-state index in [1.165, 1.54) is 12.1 Å². The van der Waals surface area contributed by atoms with Gasteiger partial charge in [-0.1, -0.05) is 72.4 Å². The van der Waals surface area contributed by atoms with Crippen LogP contribution in [0, 0.1) is 5.82 Å². The van der Waals surface area contributed by atoms with Crippen molar-refractivity contribution in [2.24, 2.45) is 0 Å². The molecule has 0 aliphatic rings. The van der Waals surface area contributed by atoms with E-state index in [2.05, 4.69) is 15.5 Å². The van der Waals surface area contributed by atoms with E-state index in [0.29, 0.717) is 16.7 Å². The summed E-state index contributed by atoms with van der Waals surface area (Å²) in [5.74, 6) is -0.597. The number of nitrogens with zero attached hydrogens (tertiary/aromatic N) is 3. The summed E-state index contributed by atoms with van der Waals surface area (Å²) < 4.78 is 15.2. The average molecular weight is 447 g/mol. The molecule has 0 saturated heterocycles. The predicted molar refractivity (Wildman–Crippen MR) is 121 cm³/mol. The van der Waals surface area contributed by atoms with Crippen molar-refractivity contribution in [1.29, 1.82) is 0 Å². The van der Waals surface area contributed by atoms with E-state index < -0.39 is 5.91 Å². The van der Waals surface area contributed by atoms with E-state index in [1.807, 2.05) is 60.7 Å². The van der Waals surface area contributed by atoms with Crippen molar-refractivity contribution in [3.8, 4) is 17.1 Å². The maximum Gasteiger partial charge on any atom is 0.237 e. The molecular formula is C24H19FN4O2S. The third kappa shape index (κ3) is 5.28. The number of thioether (sulfide) groups is 1. The number of carbonyl (C=O) groups excluding carboxylic acids is 2. The van der Waals surface area contributed by atoms with Crippen LogP contribution in [0.3, 0.4) is 0 Å². The Hall–Kier alpha value is -3.78. The summed E-state index contributed by atoms with van der Waals surface area (Å²) in [4.78, 5) is 24.5. The second-order valence-electron chi connectivity index (χ2n) is 6.91. The Bertz CT molecular complexity index is 1210. The fourth-order valence-electron chi connectivity index (χ4n) is 3.11. The lowest BCUT2D eigenvalue weighted by Gasteiger charge is -2.10. The van der Waals surface area contributed by atoms with Gasteiger partial charge in [-0.25, -0.2) is 4.39 Å². The summed E-state index contributed by atoms with van der Waals surface area (Å²) in [6, 6.07) is 24.6. The Kier molecular flexibility index (Phi) is 6.72. The van der Waals surface area contributed by atoms with Gasteiger partial charge in [0.1, 0.15) is 5.82 Å². The average Bonchev–Trinajstić information content (AvgIpc) is 3.23. The molecule has 0 radical (unpaired) electrons. The molecule has 1 heterocycles. The zero-order chi connectivity index (χ0) is 22.3. The van der Waals surface area contributed by atoms with Crippen LogP contribution in [0.2, 0.25) is 0 Å². The molecule has 0 aliphatic heterocycles. The Balaban J connectivity index is 1.49. The maximum atomic E-state index is 13.5. The topological polar surface area (TPSA) is 76.9 Å². The third-order valence-corrected chi connectivity index (χ3v) is 5.50. The van der Waals surface area contributed by atoms with Crippen LogP contribution in [-0.2, 0) is 16.0 Å². The fraction of sp³-hybridized carbons (Fsp3) is 0.0833. The van der Waals surface area contributed by atoms with Crippen LogP contribution < -0.4 is 5.32 Å². The first-order chi connectivity index (χ1) is 15.6. The van der Waals surface area contributed by atoms with Crippen LogP contribution in [-0.4, -0.2) is 32.3 Å². The maximum absolute atomic E-state index is 13.5. The predicted octanol–water partition coefficient (Wildman–Crippen LogP) is 4.05. The van der Waals surface area contributed by atoms with Gasteiger partial charge in [-0.2, -0.15) is 0 Å². The molecule has 0 unspecified atom stereocenters. The summed E-state index contributed by atoms with van der Waals surface area (Å²) in [5.41, 5.74) is 2.32. The van der Waals surface area contributed by atoms with E-state index in [0.717, 1.165) is 22.9 Å². The van der Waals surface area contributed by atoms with E-state index in [-0.39, 0.29) is 23.9 Å². The molecule has 1 aromatic heterocycles. The fourth-order valence-corrected chi connectivity index (χ4v) is 3.86. The SMILES string of the molecule is O=C(CSc1nnc(-c2ccccc2)n1-c1ccc(F)cc1)NC(=O)Cc1ccccc1.